The van der Waals surface area contributed by atoms with Crippen LogP contribution in [0.4, 0.5) is 0 Å². The Morgan fingerprint density at radius 1 is 0.538 bits per heavy atom. The van der Waals surface area contributed by atoms with Crippen LogP contribution in [0, 0.1) is 0 Å². The SMILES string of the molecule is CC(C)=CCC/C(C)=C/CO/C(C)=C(/C)OC/C=C(\C)CCC=C(C)C. The lowest BCUT2D eigenvalue weighted by atomic mass is 10.1. The van der Waals surface area contributed by atoms with Crippen molar-refractivity contribution in [1.29, 1.82) is 0 Å². The number of allylic oxidation sites excluding steroid dienone is 8. The van der Waals surface area contributed by atoms with Crippen molar-refractivity contribution >= 4 is 0 Å². The summed E-state index contributed by atoms with van der Waals surface area (Å²) in [5, 5.41) is 0. The molecule has 0 N–H and O–H groups in total. The van der Waals surface area contributed by atoms with E-state index in [1.54, 1.807) is 0 Å². The van der Waals surface area contributed by atoms with Gasteiger partial charge in [0, 0.05) is 0 Å². The van der Waals surface area contributed by atoms with E-state index in [2.05, 4.69) is 65.8 Å². The second kappa shape index (κ2) is 14.5. The van der Waals surface area contributed by atoms with E-state index in [-0.39, 0.29) is 0 Å². The fraction of sp³-hybridized carbons (Fsp3) is 0.583. The second-order valence-electron chi connectivity index (χ2n) is 7.48. The minimum Gasteiger partial charge on any atom is -0.491 e. The first-order valence-corrected chi connectivity index (χ1v) is 9.73. The van der Waals surface area contributed by atoms with Crippen LogP contribution in [0.5, 0.6) is 0 Å². The van der Waals surface area contributed by atoms with Crippen LogP contribution in [-0.4, -0.2) is 13.2 Å². The fourth-order valence-electron chi connectivity index (χ4n) is 2.20. The lowest BCUT2D eigenvalue weighted by Crippen LogP contribution is -1.98. The van der Waals surface area contributed by atoms with Gasteiger partial charge in [0.15, 0.2) is 0 Å². The third-order valence-electron chi connectivity index (χ3n) is 4.14. The molecule has 2 nitrogen and oxygen atoms in total. The van der Waals surface area contributed by atoms with Crippen LogP contribution in [0.1, 0.15) is 81.1 Å². The van der Waals surface area contributed by atoms with E-state index in [1.807, 2.05) is 13.8 Å². The summed E-state index contributed by atoms with van der Waals surface area (Å²) in [6.45, 7) is 18.0. The lowest BCUT2D eigenvalue weighted by molar-refractivity contribution is 0.184. The highest BCUT2D eigenvalue weighted by Gasteiger charge is 1.99. The maximum absolute atomic E-state index is 5.78. The molecule has 0 saturated heterocycles. The molecule has 26 heavy (non-hydrogen) atoms. The van der Waals surface area contributed by atoms with Gasteiger partial charge in [0.05, 0.1) is 0 Å². The predicted molar refractivity (Wildman–Crippen MR) is 115 cm³/mol. The zero-order valence-corrected chi connectivity index (χ0v) is 18.4. The number of rotatable bonds is 12. The molecule has 0 rings (SSSR count). The highest BCUT2D eigenvalue weighted by Crippen LogP contribution is 2.11. The monoisotopic (exact) mass is 360 g/mol. The van der Waals surface area contributed by atoms with Crippen molar-refractivity contribution in [3.8, 4) is 0 Å². The summed E-state index contributed by atoms with van der Waals surface area (Å²) in [5.74, 6) is 1.71. The van der Waals surface area contributed by atoms with E-state index in [9.17, 15) is 0 Å². The van der Waals surface area contributed by atoms with E-state index in [0.29, 0.717) is 13.2 Å². The molecule has 0 spiro atoms. The highest BCUT2D eigenvalue weighted by molar-refractivity contribution is 5.05. The quantitative estimate of drug-likeness (QED) is 0.263. The first kappa shape index (κ1) is 24.3. The molecule has 0 aromatic heterocycles. The van der Waals surface area contributed by atoms with Crippen LogP contribution >= 0.6 is 0 Å². The van der Waals surface area contributed by atoms with Gasteiger partial charge in [-0.2, -0.15) is 0 Å². The molecule has 0 fully saturated rings. The van der Waals surface area contributed by atoms with Gasteiger partial charge in [-0.15, -0.1) is 0 Å². The Kier molecular flexibility index (Phi) is 13.5. The van der Waals surface area contributed by atoms with Crippen LogP contribution in [0.25, 0.3) is 0 Å². The summed E-state index contributed by atoms with van der Waals surface area (Å²) in [4.78, 5) is 0. The molecule has 0 saturated carbocycles. The van der Waals surface area contributed by atoms with Crippen molar-refractivity contribution < 1.29 is 9.47 Å². The van der Waals surface area contributed by atoms with Gasteiger partial charge in [-0.3, -0.25) is 0 Å². The molecule has 0 atom stereocenters. The Morgan fingerprint density at radius 2 is 0.885 bits per heavy atom. The maximum atomic E-state index is 5.78. The van der Waals surface area contributed by atoms with Gasteiger partial charge in [-0.25, -0.2) is 0 Å². The molecule has 0 unspecified atom stereocenters. The van der Waals surface area contributed by atoms with Gasteiger partial charge in [-0.05, 0) is 93.2 Å². The second-order valence-corrected chi connectivity index (χ2v) is 7.48. The summed E-state index contributed by atoms with van der Waals surface area (Å²) >= 11 is 0. The Labute approximate surface area is 162 Å². The Balaban J connectivity index is 4.21. The molecular weight excluding hydrogens is 320 g/mol. The summed E-state index contributed by atoms with van der Waals surface area (Å²) in [5.41, 5.74) is 5.48. The van der Waals surface area contributed by atoms with Gasteiger partial charge < -0.3 is 9.47 Å². The van der Waals surface area contributed by atoms with E-state index < -0.39 is 0 Å². The molecule has 2 heteroatoms. The number of hydrogen-bond acceptors (Lipinski definition) is 2. The number of hydrogen-bond donors (Lipinski definition) is 0. The first-order chi connectivity index (χ1) is 12.2. The van der Waals surface area contributed by atoms with Gasteiger partial charge in [-0.1, -0.05) is 34.4 Å². The molecule has 0 aliphatic rings. The molecule has 0 aliphatic heterocycles. The van der Waals surface area contributed by atoms with E-state index in [0.717, 1.165) is 37.2 Å². The molecule has 0 amide bonds. The minimum absolute atomic E-state index is 0.602. The molecule has 0 radical (unpaired) electrons. The van der Waals surface area contributed by atoms with Gasteiger partial charge in [0.25, 0.3) is 0 Å². The van der Waals surface area contributed by atoms with Crippen molar-refractivity contribution in [2.24, 2.45) is 0 Å². The van der Waals surface area contributed by atoms with Crippen LogP contribution in [-0.2, 0) is 9.47 Å². The molecule has 148 valence electrons. The van der Waals surface area contributed by atoms with Gasteiger partial charge in [0.1, 0.15) is 24.7 Å². The fourth-order valence-corrected chi connectivity index (χ4v) is 2.20. The molecule has 0 aromatic carbocycles. The Bertz CT molecular complexity index is 499. The molecule has 0 aromatic rings. The standard InChI is InChI=1S/C24H40O2/c1-19(2)11-9-13-21(5)15-17-25-23(7)24(8)26-18-16-22(6)14-10-12-20(3)4/h11-12,15-16H,9-10,13-14,17-18H2,1-8H3/b21-15+,22-16+,24-23-. The maximum Gasteiger partial charge on any atom is 0.131 e. The summed E-state index contributed by atoms with van der Waals surface area (Å²) in [6.07, 6.45) is 13.2. The summed E-state index contributed by atoms with van der Waals surface area (Å²) in [6, 6.07) is 0. The molecule has 0 aliphatic carbocycles. The number of ether oxygens (including phenoxy) is 2. The smallest absolute Gasteiger partial charge is 0.131 e. The van der Waals surface area contributed by atoms with Crippen LogP contribution in [0.3, 0.4) is 0 Å². The normalized spacial score (nSPS) is 13.1. The molecule has 0 bridgehead atoms. The minimum atomic E-state index is 0.602. The van der Waals surface area contributed by atoms with Crippen LogP contribution < -0.4 is 0 Å². The Morgan fingerprint density at radius 3 is 1.19 bits per heavy atom. The van der Waals surface area contributed by atoms with Crippen LogP contribution in [0.15, 0.2) is 58.1 Å². The van der Waals surface area contributed by atoms with Crippen molar-refractivity contribution in [2.75, 3.05) is 13.2 Å². The van der Waals surface area contributed by atoms with Gasteiger partial charge >= 0.3 is 0 Å². The summed E-state index contributed by atoms with van der Waals surface area (Å²) < 4.78 is 11.6. The highest BCUT2D eigenvalue weighted by atomic mass is 16.5. The average molecular weight is 361 g/mol. The predicted octanol–water partition coefficient (Wildman–Crippen LogP) is 7.66. The summed E-state index contributed by atoms with van der Waals surface area (Å²) in [7, 11) is 0. The van der Waals surface area contributed by atoms with Gasteiger partial charge in [0.2, 0.25) is 0 Å². The first-order valence-electron chi connectivity index (χ1n) is 9.73. The van der Waals surface area contributed by atoms with Crippen molar-refractivity contribution in [1.82, 2.24) is 0 Å². The van der Waals surface area contributed by atoms with Crippen molar-refractivity contribution in [3.63, 3.8) is 0 Å². The topological polar surface area (TPSA) is 18.5 Å². The van der Waals surface area contributed by atoms with E-state index in [4.69, 9.17) is 9.47 Å². The zero-order chi connectivity index (χ0) is 19.9. The zero-order valence-electron chi connectivity index (χ0n) is 18.4. The molecule has 0 heterocycles. The van der Waals surface area contributed by atoms with Crippen molar-refractivity contribution in [3.05, 3.63) is 58.1 Å². The average Bonchev–Trinajstić information content (AvgIpc) is 2.53. The third kappa shape index (κ3) is 14.6. The third-order valence-corrected chi connectivity index (χ3v) is 4.14. The van der Waals surface area contributed by atoms with E-state index >= 15 is 0 Å². The van der Waals surface area contributed by atoms with E-state index in [1.165, 1.54) is 22.3 Å². The van der Waals surface area contributed by atoms with Crippen molar-refractivity contribution in [2.45, 2.75) is 81.1 Å². The Hall–Kier alpha value is -1.70. The van der Waals surface area contributed by atoms with Crippen LogP contribution in [0.2, 0.25) is 0 Å². The lowest BCUT2D eigenvalue weighted by Gasteiger charge is -2.10. The largest absolute Gasteiger partial charge is 0.491 e. The molecular formula is C24H40O2.